The van der Waals surface area contributed by atoms with E-state index < -0.39 is 11.9 Å². The number of benzene rings is 1. The van der Waals surface area contributed by atoms with Crippen molar-refractivity contribution in [3.63, 3.8) is 0 Å². The number of para-hydroxylation sites is 1. The van der Waals surface area contributed by atoms with Crippen molar-refractivity contribution in [2.75, 3.05) is 25.0 Å². The zero-order chi connectivity index (χ0) is 15.7. The first-order chi connectivity index (χ1) is 10.6. The Morgan fingerprint density at radius 1 is 1.36 bits per heavy atom. The van der Waals surface area contributed by atoms with Crippen LogP contribution in [0.25, 0.3) is 0 Å². The van der Waals surface area contributed by atoms with E-state index in [0.717, 1.165) is 0 Å². The average Bonchev–Trinajstić information content (AvgIpc) is 2.98. The summed E-state index contributed by atoms with van der Waals surface area (Å²) in [6, 6.07) is 4.65. The van der Waals surface area contributed by atoms with E-state index >= 15 is 0 Å². The first kappa shape index (κ1) is 14.4. The summed E-state index contributed by atoms with van der Waals surface area (Å²) in [7, 11) is 0. The number of hydrogen-bond acceptors (Lipinski definition) is 4. The highest BCUT2D eigenvalue weighted by Gasteiger charge is 2.31. The summed E-state index contributed by atoms with van der Waals surface area (Å²) in [6.45, 7) is 0.886. The van der Waals surface area contributed by atoms with Gasteiger partial charge in [0.2, 0.25) is 0 Å². The number of ether oxygens (including phenoxy) is 1. The topological polar surface area (TPSA) is 95.9 Å². The lowest BCUT2D eigenvalue weighted by Gasteiger charge is -2.22. The quantitative estimate of drug-likeness (QED) is 0.865. The van der Waals surface area contributed by atoms with E-state index in [-0.39, 0.29) is 18.4 Å². The second kappa shape index (κ2) is 5.67. The lowest BCUT2D eigenvalue weighted by atomic mass is 10.0. The molecule has 1 aromatic rings. The van der Waals surface area contributed by atoms with E-state index in [1.165, 1.54) is 4.90 Å². The number of amides is 2. The summed E-state index contributed by atoms with van der Waals surface area (Å²) >= 11 is 0. The number of carbonyl (C=O) groups is 3. The van der Waals surface area contributed by atoms with Gasteiger partial charge in [-0.1, -0.05) is 6.07 Å². The number of nitrogens with one attached hydrogen (secondary N) is 1. The van der Waals surface area contributed by atoms with Crippen LogP contribution in [0, 0.1) is 5.92 Å². The standard InChI is InChI=1S/C15H16N2O5/c18-12-5-7-22-13-10(12)2-1-3-11(13)16-15(21)17-6-4-9(8-17)14(19)20/h1-3,9H,4-8H2,(H,16,21)(H,19,20). The Morgan fingerprint density at radius 3 is 2.91 bits per heavy atom. The molecule has 22 heavy (non-hydrogen) atoms. The first-order valence-corrected chi connectivity index (χ1v) is 7.14. The molecule has 3 rings (SSSR count). The minimum Gasteiger partial charge on any atom is -0.490 e. The number of hydrogen-bond donors (Lipinski definition) is 2. The SMILES string of the molecule is O=C1CCOc2c(NC(=O)N3CCC(C(=O)O)C3)cccc21. The van der Waals surface area contributed by atoms with Crippen LogP contribution in [0.2, 0.25) is 0 Å². The summed E-state index contributed by atoms with van der Waals surface area (Å²) in [5, 5.41) is 11.7. The van der Waals surface area contributed by atoms with Crippen molar-refractivity contribution in [3.05, 3.63) is 23.8 Å². The molecule has 0 spiro atoms. The van der Waals surface area contributed by atoms with Gasteiger partial charge in [0, 0.05) is 19.5 Å². The Labute approximate surface area is 126 Å². The maximum Gasteiger partial charge on any atom is 0.321 e. The van der Waals surface area contributed by atoms with E-state index in [2.05, 4.69) is 5.32 Å². The fraction of sp³-hybridized carbons (Fsp3) is 0.400. The summed E-state index contributed by atoms with van der Waals surface area (Å²) < 4.78 is 5.50. The summed E-state index contributed by atoms with van der Waals surface area (Å²) in [4.78, 5) is 36.5. The van der Waals surface area contributed by atoms with Crippen molar-refractivity contribution in [2.45, 2.75) is 12.8 Å². The highest BCUT2D eigenvalue weighted by atomic mass is 16.5. The van der Waals surface area contributed by atoms with Crippen molar-refractivity contribution in [1.29, 1.82) is 0 Å². The van der Waals surface area contributed by atoms with Gasteiger partial charge < -0.3 is 20.1 Å². The minimum atomic E-state index is -0.888. The molecule has 1 atom stereocenters. The molecule has 0 radical (unpaired) electrons. The van der Waals surface area contributed by atoms with Crippen molar-refractivity contribution in [2.24, 2.45) is 5.92 Å². The fourth-order valence-electron chi connectivity index (χ4n) is 2.73. The number of nitrogens with zero attached hydrogens (tertiary/aromatic N) is 1. The van der Waals surface area contributed by atoms with E-state index in [1.807, 2.05) is 0 Å². The third-order valence-corrected chi connectivity index (χ3v) is 3.96. The van der Waals surface area contributed by atoms with Gasteiger partial charge in [0.1, 0.15) is 0 Å². The Morgan fingerprint density at radius 2 is 2.18 bits per heavy atom. The second-order valence-corrected chi connectivity index (χ2v) is 5.40. The Balaban J connectivity index is 1.74. The van der Waals surface area contributed by atoms with E-state index in [4.69, 9.17) is 9.84 Å². The van der Waals surface area contributed by atoms with Gasteiger partial charge in [0.05, 0.1) is 23.8 Å². The first-order valence-electron chi connectivity index (χ1n) is 7.14. The van der Waals surface area contributed by atoms with Crippen LogP contribution >= 0.6 is 0 Å². The molecule has 1 aromatic carbocycles. The predicted octanol–water partition coefficient (Wildman–Crippen LogP) is 1.59. The third kappa shape index (κ3) is 2.61. The molecule has 7 heteroatoms. The van der Waals surface area contributed by atoms with Gasteiger partial charge in [-0.05, 0) is 18.6 Å². The number of rotatable bonds is 2. The molecule has 2 aliphatic heterocycles. The molecule has 2 aliphatic rings. The van der Waals surface area contributed by atoms with Crippen molar-refractivity contribution in [3.8, 4) is 5.75 Å². The molecule has 2 N–H and O–H groups in total. The smallest absolute Gasteiger partial charge is 0.321 e. The van der Waals surface area contributed by atoms with E-state index in [0.29, 0.717) is 43.0 Å². The van der Waals surface area contributed by atoms with Crippen molar-refractivity contribution in [1.82, 2.24) is 4.90 Å². The largest absolute Gasteiger partial charge is 0.490 e. The lowest BCUT2D eigenvalue weighted by Crippen LogP contribution is -2.34. The summed E-state index contributed by atoms with van der Waals surface area (Å²) in [5.41, 5.74) is 0.906. The van der Waals surface area contributed by atoms with Gasteiger partial charge >= 0.3 is 12.0 Å². The molecule has 0 aliphatic carbocycles. The van der Waals surface area contributed by atoms with Crippen LogP contribution in [0.4, 0.5) is 10.5 Å². The maximum atomic E-state index is 12.2. The van der Waals surface area contributed by atoms with Gasteiger partial charge in [-0.3, -0.25) is 9.59 Å². The maximum absolute atomic E-state index is 12.2. The van der Waals surface area contributed by atoms with Gasteiger partial charge in [-0.25, -0.2) is 4.79 Å². The van der Waals surface area contributed by atoms with Crippen LogP contribution in [-0.4, -0.2) is 47.5 Å². The number of carbonyl (C=O) groups excluding carboxylic acids is 2. The molecule has 1 fully saturated rings. The highest BCUT2D eigenvalue weighted by Crippen LogP contribution is 2.33. The van der Waals surface area contributed by atoms with Crippen LogP contribution in [0.5, 0.6) is 5.75 Å². The molecule has 2 heterocycles. The molecule has 7 nitrogen and oxygen atoms in total. The molecule has 2 amide bonds. The lowest BCUT2D eigenvalue weighted by molar-refractivity contribution is -0.141. The normalized spacial score (nSPS) is 20.3. The van der Waals surface area contributed by atoms with Crippen LogP contribution < -0.4 is 10.1 Å². The Bertz CT molecular complexity index is 643. The van der Waals surface area contributed by atoms with Crippen molar-refractivity contribution < 1.29 is 24.2 Å². The number of Topliss-reactive ketones (excluding diaryl/α,β-unsaturated/α-hetero) is 1. The number of anilines is 1. The number of likely N-dealkylation sites (tertiary alicyclic amines) is 1. The molecular formula is C15H16N2O5. The van der Waals surface area contributed by atoms with Gasteiger partial charge in [-0.2, -0.15) is 0 Å². The van der Waals surface area contributed by atoms with Crippen LogP contribution in [-0.2, 0) is 4.79 Å². The van der Waals surface area contributed by atoms with Crippen LogP contribution in [0.15, 0.2) is 18.2 Å². The molecule has 0 aromatic heterocycles. The highest BCUT2D eigenvalue weighted by molar-refractivity contribution is 6.03. The number of aliphatic carboxylic acids is 1. The fourth-order valence-corrected chi connectivity index (χ4v) is 2.73. The number of carboxylic acid groups (broad SMARTS) is 1. The molecular weight excluding hydrogens is 288 g/mol. The van der Waals surface area contributed by atoms with Crippen LogP contribution in [0.3, 0.4) is 0 Å². The minimum absolute atomic E-state index is 0.00976. The van der Waals surface area contributed by atoms with Crippen molar-refractivity contribution >= 4 is 23.5 Å². The monoisotopic (exact) mass is 304 g/mol. The molecule has 0 saturated carbocycles. The Hall–Kier alpha value is -2.57. The van der Waals surface area contributed by atoms with E-state index in [1.54, 1.807) is 18.2 Å². The summed E-state index contributed by atoms with van der Waals surface area (Å²) in [6.07, 6.45) is 0.779. The zero-order valence-corrected chi connectivity index (χ0v) is 11.9. The zero-order valence-electron chi connectivity index (χ0n) is 11.9. The Kier molecular flexibility index (Phi) is 3.70. The van der Waals surface area contributed by atoms with Gasteiger partial charge in [0.15, 0.2) is 11.5 Å². The number of ketones is 1. The number of fused-ring (bicyclic) bond motifs is 1. The van der Waals surface area contributed by atoms with E-state index in [9.17, 15) is 14.4 Å². The second-order valence-electron chi connectivity index (χ2n) is 5.40. The molecule has 1 saturated heterocycles. The third-order valence-electron chi connectivity index (χ3n) is 3.96. The molecule has 0 bridgehead atoms. The van der Waals surface area contributed by atoms with Gasteiger partial charge in [-0.15, -0.1) is 0 Å². The number of urea groups is 1. The molecule has 116 valence electrons. The van der Waals surface area contributed by atoms with Crippen LogP contribution in [0.1, 0.15) is 23.2 Å². The summed E-state index contributed by atoms with van der Waals surface area (Å²) in [5.74, 6) is -1.03. The van der Waals surface area contributed by atoms with Gasteiger partial charge in [0.25, 0.3) is 0 Å². The average molecular weight is 304 g/mol. The number of carboxylic acids is 1. The predicted molar refractivity (Wildman–Crippen MR) is 77.2 cm³/mol. The molecule has 1 unspecified atom stereocenters.